The Morgan fingerprint density at radius 2 is 1.95 bits per heavy atom. The Balaban J connectivity index is 2.82. The Labute approximate surface area is 133 Å². The van der Waals surface area contributed by atoms with Crippen molar-refractivity contribution in [3.8, 4) is 0 Å². The fourth-order valence-electron chi connectivity index (χ4n) is 2.15. The van der Waals surface area contributed by atoms with Gasteiger partial charge in [0.05, 0.1) is 5.69 Å². The van der Waals surface area contributed by atoms with Crippen molar-refractivity contribution in [3.63, 3.8) is 0 Å². The molecule has 1 rings (SSSR count). The monoisotopic (exact) mass is 340 g/mol. The molecular weight excluding hydrogens is 312 g/mol. The molecule has 0 fully saturated rings. The van der Waals surface area contributed by atoms with Gasteiger partial charge in [-0.3, -0.25) is 0 Å². The lowest BCUT2D eigenvalue weighted by Gasteiger charge is -2.37. The molecule has 2 nitrogen and oxygen atoms in total. The van der Waals surface area contributed by atoms with E-state index in [4.69, 9.17) is 0 Å². The number of nitrogens with one attached hydrogen (secondary N) is 1. The largest absolute Gasteiger partial charge is 0.370 e. The molecule has 1 unspecified atom stereocenters. The molecule has 0 radical (unpaired) electrons. The predicted octanol–water partition coefficient (Wildman–Crippen LogP) is 4.82. The van der Waals surface area contributed by atoms with E-state index in [2.05, 4.69) is 86.0 Å². The lowest BCUT2D eigenvalue weighted by molar-refractivity contribution is 0.329. The topological polar surface area (TPSA) is 15.3 Å². The van der Waals surface area contributed by atoms with Gasteiger partial charge in [0.25, 0.3) is 0 Å². The van der Waals surface area contributed by atoms with Crippen LogP contribution in [0.15, 0.2) is 22.7 Å². The zero-order chi connectivity index (χ0) is 15.3. The van der Waals surface area contributed by atoms with Crippen molar-refractivity contribution in [2.75, 3.05) is 18.5 Å². The standard InChI is InChI=1S/C17H29BrN2/c1-7-10-19-12-14-8-9-16(15(18)11-14)20(6)13(2)17(3,4)5/h8-9,11,13,19H,7,10,12H2,1-6H3. The lowest BCUT2D eigenvalue weighted by atomic mass is 9.87. The second-order valence-corrected chi connectivity index (χ2v) is 7.47. The summed E-state index contributed by atoms with van der Waals surface area (Å²) in [6, 6.07) is 7.14. The van der Waals surface area contributed by atoms with Crippen molar-refractivity contribution in [2.45, 2.75) is 53.6 Å². The van der Waals surface area contributed by atoms with Crippen LogP contribution in [0.3, 0.4) is 0 Å². The van der Waals surface area contributed by atoms with Gasteiger partial charge in [-0.15, -0.1) is 0 Å². The first-order valence-electron chi connectivity index (χ1n) is 7.49. The van der Waals surface area contributed by atoms with Gasteiger partial charge in [-0.2, -0.15) is 0 Å². The maximum absolute atomic E-state index is 3.72. The van der Waals surface area contributed by atoms with Crippen molar-refractivity contribution in [3.05, 3.63) is 28.2 Å². The summed E-state index contributed by atoms with van der Waals surface area (Å²) in [6.45, 7) is 13.3. The van der Waals surface area contributed by atoms with Crippen LogP contribution in [0, 0.1) is 5.41 Å². The average molecular weight is 341 g/mol. The van der Waals surface area contributed by atoms with E-state index in [1.54, 1.807) is 0 Å². The SMILES string of the molecule is CCCNCc1ccc(N(C)C(C)C(C)(C)C)c(Br)c1. The third-order valence-electron chi connectivity index (χ3n) is 3.98. The zero-order valence-electron chi connectivity index (χ0n) is 13.8. The minimum absolute atomic E-state index is 0.259. The fraction of sp³-hybridized carbons (Fsp3) is 0.647. The average Bonchev–Trinajstić information content (AvgIpc) is 2.36. The molecule has 0 aliphatic heterocycles. The highest BCUT2D eigenvalue weighted by Gasteiger charge is 2.25. The molecule has 20 heavy (non-hydrogen) atoms. The molecule has 1 aromatic rings. The lowest BCUT2D eigenvalue weighted by Crippen LogP contribution is -2.39. The Morgan fingerprint density at radius 1 is 1.30 bits per heavy atom. The Hall–Kier alpha value is -0.540. The smallest absolute Gasteiger partial charge is 0.0510 e. The predicted molar refractivity (Wildman–Crippen MR) is 93.5 cm³/mol. The molecule has 0 spiro atoms. The molecule has 0 bridgehead atoms. The fourth-order valence-corrected chi connectivity index (χ4v) is 2.85. The maximum Gasteiger partial charge on any atom is 0.0510 e. The third-order valence-corrected chi connectivity index (χ3v) is 4.62. The molecule has 1 N–H and O–H groups in total. The molecule has 0 aromatic heterocycles. The van der Waals surface area contributed by atoms with Crippen LogP contribution in [0.1, 0.15) is 46.6 Å². The summed E-state index contributed by atoms with van der Waals surface area (Å²) in [5.74, 6) is 0. The van der Waals surface area contributed by atoms with E-state index in [9.17, 15) is 0 Å². The van der Waals surface area contributed by atoms with Crippen LogP contribution in [0.25, 0.3) is 0 Å². The van der Waals surface area contributed by atoms with Crippen molar-refractivity contribution in [1.29, 1.82) is 0 Å². The van der Waals surface area contributed by atoms with Gasteiger partial charge in [0.15, 0.2) is 0 Å². The molecule has 0 amide bonds. The molecule has 0 aliphatic carbocycles. The summed E-state index contributed by atoms with van der Waals surface area (Å²) in [4.78, 5) is 2.35. The number of halogens is 1. The van der Waals surface area contributed by atoms with Gasteiger partial charge < -0.3 is 10.2 Å². The van der Waals surface area contributed by atoms with Crippen LogP contribution in [-0.4, -0.2) is 19.6 Å². The molecule has 3 heteroatoms. The Bertz CT molecular complexity index is 423. The first-order chi connectivity index (χ1) is 9.27. The van der Waals surface area contributed by atoms with E-state index in [1.165, 1.54) is 22.1 Å². The third kappa shape index (κ3) is 4.78. The first kappa shape index (κ1) is 17.5. The van der Waals surface area contributed by atoms with Gasteiger partial charge in [0.1, 0.15) is 0 Å². The Kier molecular flexibility index (Phi) is 6.53. The summed E-state index contributed by atoms with van der Waals surface area (Å²) < 4.78 is 1.17. The van der Waals surface area contributed by atoms with Gasteiger partial charge in [-0.1, -0.05) is 33.8 Å². The highest BCUT2D eigenvalue weighted by atomic mass is 79.9. The van der Waals surface area contributed by atoms with E-state index < -0.39 is 0 Å². The van der Waals surface area contributed by atoms with Gasteiger partial charge in [0, 0.05) is 24.1 Å². The summed E-state index contributed by atoms with van der Waals surface area (Å²) >= 11 is 3.72. The summed E-state index contributed by atoms with van der Waals surface area (Å²) in [6.07, 6.45) is 1.17. The molecule has 0 aliphatic rings. The van der Waals surface area contributed by atoms with Crippen molar-refractivity contribution in [2.24, 2.45) is 5.41 Å². The number of rotatable bonds is 6. The van der Waals surface area contributed by atoms with Crippen LogP contribution in [0.5, 0.6) is 0 Å². The van der Waals surface area contributed by atoms with Crippen LogP contribution in [-0.2, 0) is 6.54 Å². The molecule has 114 valence electrons. The minimum Gasteiger partial charge on any atom is -0.370 e. The van der Waals surface area contributed by atoms with E-state index >= 15 is 0 Å². The second kappa shape index (κ2) is 7.46. The van der Waals surface area contributed by atoms with Crippen molar-refractivity contribution >= 4 is 21.6 Å². The number of hydrogen-bond donors (Lipinski definition) is 1. The zero-order valence-corrected chi connectivity index (χ0v) is 15.3. The normalized spacial score (nSPS) is 13.3. The molecule has 1 aromatic carbocycles. The number of anilines is 1. The molecule has 0 saturated carbocycles. The quantitative estimate of drug-likeness (QED) is 0.746. The molecule has 0 heterocycles. The summed E-state index contributed by atoms with van der Waals surface area (Å²) in [7, 11) is 2.17. The van der Waals surface area contributed by atoms with E-state index in [0.29, 0.717) is 6.04 Å². The van der Waals surface area contributed by atoms with Crippen molar-refractivity contribution in [1.82, 2.24) is 5.32 Å². The highest BCUT2D eigenvalue weighted by Crippen LogP contribution is 2.32. The van der Waals surface area contributed by atoms with Crippen LogP contribution < -0.4 is 10.2 Å². The van der Waals surface area contributed by atoms with Crippen molar-refractivity contribution < 1.29 is 0 Å². The minimum atomic E-state index is 0.259. The van der Waals surface area contributed by atoms with Crippen LogP contribution >= 0.6 is 15.9 Å². The summed E-state index contributed by atoms with van der Waals surface area (Å²) in [5.41, 5.74) is 2.84. The first-order valence-corrected chi connectivity index (χ1v) is 8.28. The van der Waals surface area contributed by atoms with Gasteiger partial charge >= 0.3 is 0 Å². The van der Waals surface area contributed by atoms with E-state index in [1.807, 2.05) is 0 Å². The van der Waals surface area contributed by atoms with Gasteiger partial charge in [-0.05, 0) is 58.9 Å². The van der Waals surface area contributed by atoms with E-state index in [0.717, 1.165) is 13.1 Å². The van der Waals surface area contributed by atoms with Crippen LogP contribution in [0.2, 0.25) is 0 Å². The van der Waals surface area contributed by atoms with E-state index in [-0.39, 0.29) is 5.41 Å². The second-order valence-electron chi connectivity index (χ2n) is 6.62. The number of nitrogens with zero attached hydrogens (tertiary/aromatic N) is 1. The highest BCUT2D eigenvalue weighted by molar-refractivity contribution is 9.10. The van der Waals surface area contributed by atoms with Gasteiger partial charge in [0.2, 0.25) is 0 Å². The van der Waals surface area contributed by atoms with Gasteiger partial charge in [-0.25, -0.2) is 0 Å². The Morgan fingerprint density at radius 3 is 2.45 bits per heavy atom. The summed E-state index contributed by atoms with van der Waals surface area (Å²) in [5, 5.41) is 3.44. The number of hydrogen-bond acceptors (Lipinski definition) is 2. The van der Waals surface area contributed by atoms with Crippen LogP contribution in [0.4, 0.5) is 5.69 Å². The molecule has 0 saturated heterocycles. The maximum atomic E-state index is 3.72. The molecule has 1 atom stereocenters. The number of benzene rings is 1. The molecular formula is C17H29BrN2.